The summed E-state index contributed by atoms with van der Waals surface area (Å²) in [7, 11) is 0. The molecular formula is C12H15BrFN5. The molecule has 2 rings (SSSR count). The number of benzene rings is 1. The van der Waals surface area contributed by atoms with Crippen molar-refractivity contribution in [3.05, 3.63) is 34.3 Å². The molecule has 1 aromatic heterocycles. The third kappa shape index (κ3) is 3.57. The number of nitrogens with one attached hydrogen (secondary N) is 1. The summed E-state index contributed by atoms with van der Waals surface area (Å²) in [6.45, 7) is 6.59. The number of rotatable bonds is 3. The number of halogens is 2. The Morgan fingerprint density at radius 1 is 1.37 bits per heavy atom. The topological polar surface area (TPSA) is 55.6 Å². The van der Waals surface area contributed by atoms with Crippen molar-refractivity contribution in [2.75, 3.05) is 0 Å². The number of hydrogen-bond donors (Lipinski definition) is 1. The van der Waals surface area contributed by atoms with Crippen LogP contribution in [-0.4, -0.2) is 25.7 Å². The first kappa shape index (κ1) is 14.1. The quantitative estimate of drug-likeness (QED) is 0.940. The van der Waals surface area contributed by atoms with Gasteiger partial charge in [0.15, 0.2) is 5.82 Å². The molecule has 2 aromatic rings. The third-order valence-corrected chi connectivity index (χ3v) is 2.94. The van der Waals surface area contributed by atoms with Crippen LogP contribution in [0.4, 0.5) is 4.39 Å². The van der Waals surface area contributed by atoms with Crippen LogP contribution in [0.2, 0.25) is 0 Å². The van der Waals surface area contributed by atoms with Crippen LogP contribution >= 0.6 is 15.9 Å². The SMILES string of the molecule is CC(C)(C)NCc1nnnn1-c1ccc(Br)cc1F. The lowest BCUT2D eigenvalue weighted by Crippen LogP contribution is -2.36. The van der Waals surface area contributed by atoms with E-state index in [1.165, 1.54) is 10.7 Å². The lowest BCUT2D eigenvalue weighted by Gasteiger charge is -2.19. The van der Waals surface area contributed by atoms with Crippen LogP contribution < -0.4 is 5.32 Å². The van der Waals surface area contributed by atoms with Crippen LogP contribution in [0, 0.1) is 5.82 Å². The molecule has 0 fully saturated rings. The average molecular weight is 328 g/mol. The zero-order valence-corrected chi connectivity index (χ0v) is 12.6. The van der Waals surface area contributed by atoms with Gasteiger partial charge in [-0.1, -0.05) is 15.9 Å². The van der Waals surface area contributed by atoms with E-state index in [-0.39, 0.29) is 11.4 Å². The van der Waals surface area contributed by atoms with Crippen molar-refractivity contribution in [3.63, 3.8) is 0 Å². The Balaban J connectivity index is 2.28. The molecule has 0 saturated carbocycles. The Labute approximate surface area is 119 Å². The highest BCUT2D eigenvalue weighted by Crippen LogP contribution is 2.18. The predicted molar refractivity (Wildman–Crippen MR) is 73.4 cm³/mol. The fourth-order valence-electron chi connectivity index (χ4n) is 1.50. The standard InChI is InChI=1S/C12H15BrFN5/c1-12(2,3)15-7-11-16-17-18-19(11)10-5-4-8(13)6-9(10)14/h4-6,15H,7H2,1-3H3. The van der Waals surface area contributed by atoms with Crippen molar-refractivity contribution in [2.45, 2.75) is 32.9 Å². The molecule has 0 spiro atoms. The van der Waals surface area contributed by atoms with Gasteiger partial charge in [-0.2, -0.15) is 4.68 Å². The average Bonchev–Trinajstić information content (AvgIpc) is 2.73. The Morgan fingerprint density at radius 3 is 2.74 bits per heavy atom. The van der Waals surface area contributed by atoms with E-state index in [1.807, 2.05) is 20.8 Å². The molecule has 0 saturated heterocycles. The highest BCUT2D eigenvalue weighted by Gasteiger charge is 2.15. The number of hydrogen-bond acceptors (Lipinski definition) is 4. The minimum Gasteiger partial charge on any atom is -0.305 e. The van der Waals surface area contributed by atoms with E-state index in [1.54, 1.807) is 12.1 Å². The van der Waals surface area contributed by atoms with E-state index in [2.05, 4.69) is 36.8 Å². The smallest absolute Gasteiger partial charge is 0.170 e. The molecule has 1 heterocycles. The van der Waals surface area contributed by atoms with E-state index < -0.39 is 0 Å². The van der Waals surface area contributed by atoms with Crippen molar-refractivity contribution in [2.24, 2.45) is 0 Å². The second kappa shape index (κ2) is 5.34. The van der Waals surface area contributed by atoms with E-state index in [4.69, 9.17) is 0 Å². The summed E-state index contributed by atoms with van der Waals surface area (Å²) in [5, 5.41) is 14.6. The van der Waals surface area contributed by atoms with Gasteiger partial charge in [0.25, 0.3) is 0 Å². The third-order valence-electron chi connectivity index (χ3n) is 2.45. The Morgan fingerprint density at radius 2 is 2.11 bits per heavy atom. The summed E-state index contributed by atoms with van der Waals surface area (Å²) >= 11 is 3.22. The van der Waals surface area contributed by atoms with Crippen molar-refractivity contribution >= 4 is 15.9 Å². The lowest BCUT2D eigenvalue weighted by atomic mass is 10.1. The second-order valence-electron chi connectivity index (χ2n) is 5.21. The number of tetrazole rings is 1. The Bertz CT molecular complexity index is 576. The predicted octanol–water partition coefficient (Wildman–Crippen LogP) is 2.45. The van der Waals surface area contributed by atoms with Gasteiger partial charge in [0, 0.05) is 10.0 Å². The van der Waals surface area contributed by atoms with Crippen LogP contribution in [0.1, 0.15) is 26.6 Å². The molecule has 1 aromatic carbocycles. The summed E-state index contributed by atoms with van der Waals surface area (Å²) in [5.74, 6) is 0.190. The van der Waals surface area contributed by atoms with Crippen molar-refractivity contribution in [1.82, 2.24) is 25.5 Å². The maximum absolute atomic E-state index is 13.9. The minimum atomic E-state index is -0.376. The maximum atomic E-state index is 13.9. The molecule has 102 valence electrons. The van der Waals surface area contributed by atoms with Gasteiger partial charge in [-0.05, 0) is 49.4 Å². The van der Waals surface area contributed by atoms with Crippen LogP contribution in [0.3, 0.4) is 0 Å². The van der Waals surface area contributed by atoms with Gasteiger partial charge in [0.2, 0.25) is 0 Å². The first-order valence-corrected chi connectivity index (χ1v) is 6.64. The maximum Gasteiger partial charge on any atom is 0.170 e. The van der Waals surface area contributed by atoms with Gasteiger partial charge in [-0.15, -0.1) is 5.10 Å². The number of aromatic nitrogens is 4. The summed E-state index contributed by atoms with van der Waals surface area (Å²) in [4.78, 5) is 0. The molecule has 0 aliphatic rings. The molecule has 0 amide bonds. The molecule has 0 bridgehead atoms. The van der Waals surface area contributed by atoms with Crippen LogP contribution in [0.15, 0.2) is 22.7 Å². The molecule has 0 aliphatic carbocycles. The van der Waals surface area contributed by atoms with Crippen molar-refractivity contribution in [3.8, 4) is 5.69 Å². The molecular weight excluding hydrogens is 313 g/mol. The van der Waals surface area contributed by atoms with Crippen LogP contribution in [0.25, 0.3) is 5.69 Å². The molecule has 7 heteroatoms. The highest BCUT2D eigenvalue weighted by molar-refractivity contribution is 9.10. The van der Waals surface area contributed by atoms with Gasteiger partial charge in [-0.25, -0.2) is 4.39 Å². The second-order valence-corrected chi connectivity index (χ2v) is 6.12. The summed E-state index contributed by atoms with van der Waals surface area (Å²) < 4.78 is 16.0. The minimum absolute atomic E-state index is 0.0605. The van der Waals surface area contributed by atoms with Crippen molar-refractivity contribution < 1.29 is 4.39 Å². The molecule has 0 unspecified atom stereocenters. The zero-order valence-electron chi connectivity index (χ0n) is 11.0. The highest BCUT2D eigenvalue weighted by atomic mass is 79.9. The van der Waals surface area contributed by atoms with Gasteiger partial charge >= 0.3 is 0 Å². The molecule has 0 atom stereocenters. The van der Waals surface area contributed by atoms with E-state index >= 15 is 0 Å². The molecule has 1 N–H and O–H groups in total. The van der Waals surface area contributed by atoms with Crippen LogP contribution in [0.5, 0.6) is 0 Å². The molecule has 5 nitrogen and oxygen atoms in total. The monoisotopic (exact) mass is 327 g/mol. The fourth-order valence-corrected chi connectivity index (χ4v) is 1.83. The summed E-state index contributed by atoms with van der Waals surface area (Å²) in [6.07, 6.45) is 0. The largest absolute Gasteiger partial charge is 0.305 e. The summed E-state index contributed by atoms with van der Waals surface area (Å²) in [5.41, 5.74) is 0.272. The Hall–Kier alpha value is -1.34. The van der Waals surface area contributed by atoms with Crippen molar-refractivity contribution in [1.29, 1.82) is 0 Å². The van der Waals surface area contributed by atoms with Gasteiger partial charge in [0.05, 0.1) is 6.54 Å². The van der Waals surface area contributed by atoms with Gasteiger partial charge in [0.1, 0.15) is 11.5 Å². The lowest BCUT2D eigenvalue weighted by molar-refractivity contribution is 0.414. The molecule has 0 aliphatic heterocycles. The van der Waals surface area contributed by atoms with Gasteiger partial charge < -0.3 is 5.32 Å². The molecule has 19 heavy (non-hydrogen) atoms. The number of nitrogens with zero attached hydrogens (tertiary/aromatic N) is 4. The van der Waals surface area contributed by atoms with Gasteiger partial charge in [-0.3, -0.25) is 0 Å². The molecule has 0 radical (unpaired) electrons. The van der Waals surface area contributed by atoms with E-state index in [0.29, 0.717) is 22.5 Å². The van der Waals surface area contributed by atoms with Crippen LogP contribution in [-0.2, 0) is 6.54 Å². The Kier molecular flexibility index (Phi) is 3.96. The fraction of sp³-hybridized carbons (Fsp3) is 0.417. The van der Waals surface area contributed by atoms with E-state index in [9.17, 15) is 4.39 Å². The normalized spacial score (nSPS) is 11.8. The first-order valence-electron chi connectivity index (χ1n) is 5.84. The van der Waals surface area contributed by atoms with E-state index in [0.717, 1.165) is 0 Å². The summed E-state index contributed by atoms with van der Waals surface area (Å²) in [6, 6.07) is 4.77. The zero-order chi connectivity index (χ0) is 14.0. The first-order chi connectivity index (χ1) is 8.87.